The largest absolute Gasteiger partial charge is 0.481 e. The Hall–Kier alpha value is -3.74. The van der Waals surface area contributed by atoms with Crippen LogP contribution in [0.3, 0.4) is 0 Å². The van der Waals surface area contributed by atoms with E-state index in [2.05, 4.69) is 15.4 Å². The van der Waals surface area contributed by atoms with Crippen molar-refractivity contribution in [1.29, 1.82) is 0 Å². The topological polar surface area (TPSA) is 69.0 Å². The Morgan fingerprint density at radius 2 is 1.84 bits per heavy atom. The number of carbonyl (C=O) groups is 1. The van der Waals surface area contributed by atoms with E-state index in [9.17, 15) is 9.18 Å². The smallest absolute Gasteiger partial charge is 0.256 e. The molecule has 1 amide bonds. The average molecular weight is 418 g/mol. The van der Waals surface area contributed by atoms with Gasteiger partial charge in [0, 0.05) is 11.5 Å². The molecule has 0 radical (unpaired) electrons. The first-order valence-electron chi connectivity index (χ1n) is 9.95. The summed E-state index contributed by atoms with van der Waals surface area (Å²) in [6.07, 6.45) is 0. The van der Waals surface area contributed by atoms with Crippen LogP contribution in [-0.2, 0) is 0 Å². The lowest BCUT2D eigenvalue weighted by Crippen LogP contribution is -2.15. The maximum Gasteiger partial charge on any atom is 0.256 e. The third-order valence-electron chi connectivity index (χ3n) is 5.43. The molecule has 0 saturated carbocycles. The van der Waals surface area contributed by atoms with Crippen molar-refractivity contribution in [1.82, 2.24) is 14.8 Å². The summed E-state index contributed by atoms with van der Waals surface area (Å²) in [7, 11) is 1.52. The molecule has 1 atom stereocenters. The van der Waals surface area contributed by atoms with Gasteiger partial charge in [-0.1, -0.05) is 30.3 Å². The highest BCUT2D eigenvalue weighted by molar-refractivity contribution is 6.13. The number of carbonyl (C=O) groups excluding carboxylic acids is 1. The minimum atomic E-state index is -0.280. The van der Waals surface area contributed by atoms with E-state index in [1.165, 1.54) is 19.2 Å². The van der Waals surface area contributed by atoms with Gasteiger partial charge in [0.1, 0.15) is 5.82 Å². The van der Waals surface area contributed by atoms with Gasteiger partial charge < -0.3 is 10.1 Å². The molecular formula is C24H23FN4O2. The van der Waals surface area contributed by atoms with E-state index in [0.717, 1.165) is 16.6 Å². The number of nitrogens with zero attached hydrogens (tertiary/aromatic N) is 3. The van der Waals surface area contributed by atoms with Crippen LogP contribution in [0.1, 0.15) is 40.3 Å². The van der Waals surface area contributed by atoms with Crippen LogP contribution >= 0.6 is 0 Å². The first-order chi connectivity index (χ1) is 14.9. The molecule has 7 heteroatoms. The number of halogens is 1. The second-order valence-corrected chi connectivity index (χ2v) is 7.40. The van der Waals surface area contributed by atoms with Crippen LogP contribution in [0.25, 0.3) is 10.9 Å². The molecule has 0 saturated heterocycles. The Labute approximate surface area is 179 Å². The van der Waals surface area contributed by atoms with Gasteiger partial charge in [0.05, 0.1) is 41.3 Å². The van der Waals surface area contributed by atoms with Crippen LogP contribution in [0.2, 0.25) is 0 Å². The highest BCUT2D eigenvalue weighted by Gasteiger charge is 2.21. The zero-order valence-corrected chi connectivity index (χ0v) is 17.8. The molecule has 4 aromatic rings. The molecule has 0 spiro atoms. The van der Waals surface area contributed by atoms with Crippen LogP contribution in [0.4, 0.5) is 10.1 Å². The quantitative estimate of drug-likeness (QED) is 0.492. The third-order valence-corrected chi connectivity index (χ3v) is 5.43. The fourth-order valence-corrected chi connectivity index (χ4v) is 3.73. The number of benzene rings is 2. The van der Waals surface area contributed by atoms with Gasteiger partial charge >= 0.3 is 0 Å². The predicted octanol–water partition coefficient (Wildman–Crippen LogP) is 5.06. The number of methoxy groups -OCH3 is 1. The fourth-order valence-electron chi connectivity index (χ4n) is 3.73. The number of anilines is 1. The molecule has 31 heavy (non-hydrogen) atoms. The number of aryl methyl sites for hydroxylation is 1. The number of nitrogens with one attached hydrogen (secondary N) is 1. The molecule has 158 valence electrons. The number of para-hydroxylation sites is 1. The lowest BCUT2D eigenvalue weighted by Gasteiger charge is -2.15. The van der Waals surface area contributed by atoms with Gasteiger partial charge in [-0.05, 0) is 44.5 Å². The fraction of sp³-hybridized carbons (Fsp3) is 0.208. The molecule has 0 aliphatic carbocycles. The summed E-state index contributed by atoms with van der Waals surface area (Å²) in [4.78, 5) is 17.6. The Balaban J connectivity index is 1.68. The number of aromatic nitrogens is 3. The van der Waals surface area contributed by atoms with Crippen molar-refractivity contribution in [3.63, 3.8) is 0 Å². The molecule has 0 aliphatic heterocycles. The molecule has 0 unspecified atom stereocenters. The van der Waals surface area contributed by atoms with Crippen molar-refractivity contribution in [2.24, 2.45) is 0 Å². The summed E-state index contributed by atoms with van der Waals surface area (Å²) in [5.74, 6) is -0.174. The lowest BCUT2D eigenvalue weighted by molar-refractivity contribution is 0.102. The standard InChI is InChI=1S/C24H23FN4O2/c1-14-23(16(3)29(28-14)15(2)17-9-11-18(25)12-10-17)27-24(30)20-13-22(31-4)26-21-8-6-5-7-19(20)21/h5-13,15H,1-4H3,(H,27,30)/t15-/m1/s1. The monoisotopic (exact) mass is 418 g/mol. The maximum absolute atomic E-state index is 13.3. The maximum atomic E-state index is 13.3. The summed E-state index contributed by atoms with van der Waals surface area (Å²) < 4.78 is 20.4. The van der Waals surface area contributed by atoms with Crippen molar-refractivity contribution < 1.29 is 13.9 Å². The number of hydrogen-bond acceptors (Lipinski definition) is 4. The van der Waals surface area contributed by atoms with Crippen LogP contribution in [-0.4, -0.2) is 27.8 Å². The number of amides is 1. The molecule has 0 fully saturated rings. The van der Waals surface area contributed by atoms with Gasteiger partial charge in [0.25, 0.3) is 5.91 Å². The summed E-state index contributed by atoms with van der Waals surface area (Å²) in [6, 6.07) is 15.3. The normalized spacial score (nSPS) is 12.0. The second kappa shape index (κ2) is 8.18. The SMILES string of the molecule is COc1cc(C(=O)Nc2c(C)nn([C@H](C)c3ccc(F)cc3)c2C)c2ccccc2n1. The number of hydrogen-bond donors (Lipinski definition) is 1. The molecule has 6 nitrogen and oxygen atoms in total. The molecule has 1 N–H and O–H groups in total. The van der Waals surface area contributed by atoms with Gasteiger partial charge in [-0.15, -0.1) is 0 Å². The number of fused-ring (bicyclic) bond motifs is 1. The minimum absolute atomic E-state index is 0.119. The summed E-state index contributed by atoms with van der Waals surface area (Å²) >= 11 is 0. The van der Waals surface area contributed by atoms with E-state index < -0.39 is 0 Å². The van der Waals surface area contributed by atoms with Gasteiger partial charge in [-0.2, -0.15) is 5.10 Å². The molecule has 4 rings (SSSR count). The average Bonchev–Trinajstić information content (AvgIpc) is 3.06. The van der Waals surface area contributed by atoms with E-state index in [0.29, 0.717) is 28.3 Å². The highest BCUT2D eigenvalue weighted by atomic mass is 19.1. The van der Waals surface area contributed by atoms with Gasteiger partial charge in [0.2, 0.25) is 5.88 Å². The van der Waals surface area contributed by atoms with E-state index >= 15 is 0 Å². The summed E-state index contributed by atoms with van der Waals surface area (Å²) in [5, 5.41) is 8.37. The summed E-state index contributed by atoms with van der Waals surface area (Å²) in [5.41, 5.74) is 4.24. The van der Waals surface area contributed by atoms with E-state index in [4.69, 9.17) is 4.74 Å². The van der Waals surface area contributed by atoms with E-state index in [1.807, 2.05) is 49.7 Å². The molecule has 0 aliphatic rings. The first-order valence-corrected chi connectivity index (χ1v) is 9.95. The minimum Gasteiger partial charge on any atom is -0.481 e. The lowest BCUT2D eigenvalue weighted by atomic mass is 10.1. The Kier molecular flexibility index (Phi) is 5.42. The number of ether oxygens (including phenoxy) is 1. The van der Waals surface area contributed by atoms with Gasteiger partial charge in [0.15, 0.2) is 0 Å². The van der Waals surface area contributed by atoms with Crippen LogP contribution in [0, 0.1) is 19.7 Å². The first kappa shape index (κ1) is 20.5. The second-order valence-electron chi connectivity index (χ2n) is 7.40. The zero-order chi connectivity index (χ0) is 22.1. The van der Waals surface area contributed by atoms with Crippen molar-refractivity contribution in [3.8, 4) is 5.88 Å². The van der Waals surface area contributed by atoms with Crippen molar-refractivity contribution in [2.45, 2.75) is 26.8 Å². The van der Waals surface area contributed by atoms with Crippen LogP contribution in [0.5, 0.6) is 5.88 Å². The Morgan fingerprint density at radius 3 is 2.55 bits per heavy atom. The molecule has 0 bridgehead atoms. The van der Waals surface area contributed by atoms with Crippen LogP contribution in [0.15, 0.2) is 54.6 Å². The van der Waals surface area contributed by atoms with Gasteiger partial charge in [-0.3, -0.25) is 9.48 Å². The molecule has 2 heterocycles. The molecule has 2 aromatic carbocycles. The predicted molar refractivity (Wildman–Crippen MR) is 118 cm³/mol. The van der Waals surface area contributed by atoms with Gasteiger partial charge in [-0.25, -0.2) is 9.37 Å². The summed E-state index contributed by atoms with van der Waals surface area (Å²) in [6.45, 7) is 5.74. The highest BCUT2D eigenvalue weighted by Crippen LogP contribution is 2.28. The molecule has 2 aromatic heterocycles. The Bertz CT molecular complexity index is 1260. The van der Waals surface area contributed by atoms with E-state index in [-0.39, 0.29) is 17.8 Å². The molecular weight excluding hydrogens is 395 g/mol. The van der Waals surface area contributed by atoms with E-state index in [1.54, 1.807) is 18.2 Å². The number of pyridine rings is 1. The van der Waals surface area contributed by atoms with Crippen molar-refractivity contribution in [3.05, 3.63) is 82.9 Å². The van der Waals surface area contributed by atoms with Crippen molar-refractivity contribution in [2.75, 3.05) is 12.4 Å². The zero-order valence-electron chi connectivity index (χ0n) is 17.8. The van der Waals surface area contributed by atoms with Crippen LogP contribution < -0.4 is 10.1 Å². The van der Waals surface area contributed by atoms with Crippen molar-refractivity contribution >= 4 is 22.5 Å². The number of rotatable bonds is 5. The third kappa shape index (κ3) is 3.86. The Morgan fingerprint density at radius 1 is 1.13 bits per heavy atom.